The largest absolute Gasteiger partial charge is 0.308 e. The van der Waals surface area contributed by atoms with E-state index in [0.717, 1.165) is 28.4 Å². The van der Waals surface area contributed by atoms with Crippen LogP contribution in [-0.2, 0) is 6.54 Å². The lowest BCUT2D eigenvalue weighted by Crippen LogP contribution is -2.15. The van der Waals surface area contributed by atoms with Crippen LogP contribution >= 0.6 is 15.9 Å². The molecule has 0 atom stereocenters. The average molecular weight is 306 g/mol. The number of nitrogens with one attached hydrogen (secondary N) is 1. The Labute approximate surface area is 115 Å². The number of nitrogens with zero attached hydrogens (tertiary/aromatic N) is 2. The number of rotatable bonds is 4. The van der Waals surface area contributed by atoms with Crippen molar-refractivity contribution < 1.29 is 0 Å². The summed E-state index contributed by atoms with van der Waals surface area (Å²) in [7, 11) is 0. The van der Waals surface area contributed by atoms with Crippen LogP contribution in [0, 0.1) is 6.92 Å². The molecule has 0 amide bonds. The van der Waals surface area contributed by atoms with E-state index in [9.17, 15) is 0 Å². The summed E-state index contributed by atoms with van der Waals surface area (Å²) in [4.78, 5) is 0. The highest BCUT2D eigenvalue weighted by molar-refractivity contribution is 9.10. The molecule has 1 fully saturated rings. The molecule has 1 aromatic carbocycles. The van der Waals surface area contributed by atoms with E-state index in [1.54, 1.807) is 0 Å². The molecular weight excluding hydrogens is 290 g/mol. The van der Waals surface area contributed by atoms with E-state index in [1.165, 1.54) is 18.4 Å². The van der Waals surface area contributed by atoms with Gasteiger partial charge in [-0.05, 0) is 43.5 Å². The van der Waals surface area contributed by atoms with Gasteiger partial charge in [0.2, 0.25) is 0 Å². The predicted octanol–water partition coefficient (Wildman–Crippen LogP) is 3.20. The van der Waals surface area contributed by atoms with Gasteiger partial charge in [-0.2, -0.15) is 5.10 Å². The molecule has 4 heteroatoms. The molecule has 0 bridgehead atoms. The van der Waals surface area contributed by atoms with Crippen LogP contribution in [0.5, 0.6) is 0 Å². The summed E-state index contributed by atoms with van der Waals surface area (Å²) in [6.45, 7) is 2.97. The molecule has 1 saturated carbocycles. The quantitative estimate of drug-likeness (QED) is 0.940. The summed E-state index contributed by atoms with van der Waals surface area (Å²) in [5.41, 5.74) is 3.44. The Balaban J connectivity index is 1.80. The average Bonchev–Trinajstić information content (AvgIpc) is 3.08. The minimum absolute atomic E-state index is 0.725. The summed E-state index contributed by atoms with van der Waals surface area (Å²) in [6, 6.07) is 8.98. The van der Waals surface area contributed by atoms with Gasteiger partial charge in [-0.25, -0.2) is 4.68 Å². The first kappa shape index (κ1) is 11.9. The standard InChI is InChI=1S/C14H16BrN3/c1-10-13(15)3-2-4-14(10)18-8-7-12(17-18)9-16-11-5-6-11/h2-4,7-8,11,16H,5-6,9H2,1H3. The maximum absolute atomic E-state index is 4.62. The Morgan fingerprint density at radius 3 is 3.00 bits per heavy atom. The zero-order valence-electron chi connectivity index (χ0n) is 10.4. The van der Waals surface area contributed by atoms with Crippen LogP contribution in [0.25, 0.3) is 5.69 Å². The summed E-state index contributed by atoms with van der Waals surface area (Å²) in [6.07, 6.45) is 4.65. The van der Waals surface area contributed by atoms with Crippen LogP contribution in [0.2, 0.25) is 0 Å². The van der Waals surface area contributed by atoms with Gasteiger partial charge in [0.15, 0.2) is 0 Å². The number of hydrogen-bond donors (Lipinski definition) is 1. The molecule has 2 aromatic rings. The summed E-state index contributed by atoms with van der Waals surface area (Å²) in [5, 5.41) is 8.09. The van der Waals surface area contributed by atoms with Crippen LogP contribution in [0.15, 0.2) is 34.9 Å². The lowest BCUT2D eigenvalue weighted by atomic mass is 10.2. The van der Waals surface area contributed by atoms with Crippen molar-refractivity contribution in [3.05, 3.63) is 46.2 Å². The molecule has 0 radical (unpaired) electrons. The second-order valence-corrected chi connectivity index (χ2v) is 5.65. The minimum atomic E-state index is 0.725. The third-order valence-electron chi connectivity index (χ3n) is 3.28. The van der Waals surface area contributed by atoms with Gasteiger partial charge in [-0.1, -0.05) is 22.0 Å². The van der Waals surface area contributed by atoms with E-state index in [2.05, 4.69) is 51.5 Å². The molecule has 1 aliphatic carbocycles. The van der Waals surface area contributed by atoms with Crippen LogP contribution in [0.1, 0.15) is 24.1 Å². The first-order valence-electron chi connectivity index (χ1n) is 6.27. The SMILES string of the molecule is Cc1c(Br)cccc1-n1ccc(CNC2CC2)n1. The van der Waals surface area contributed by atoms with E-state index < -0.39 is 0 Å². The molecule has 3 rings (SSSR count). The maximum atomic E-state index is 4.62. The molecule has 94 valence electrons. The van der Waals surface area contributed by atoms with Crippen molar-refractivity contribution in [2.24, 2.45) is 0 Å². The molecular formula is C14H16BrN3. The smallest absolute Gasteiger partial charge is 0.0766 e. The van der Waals surface area contributed by atoms with Crippen molar-refractivity contribution in [1.82, 2.24) is 15.1 Å². The first-order valence-corrected chi connectivity index (χ1v) is 7.07. The lowest BCUT2D eigenvalue weighted by molar-refractivity contribution is 0.664. The van der Waals surface area contributed by atoms with Gasteiger partial charge >= 0.3 is 0 Å². The summed E-state index contributed by atoms with van der Waals surface area (Å²) < 4.78 is 3.07. The Hall–Kier alpha value is -1.13. The molecule has 0 unspecified atom stereocenters. The first-order chi connectivity index (χ1) is 8.74. The zero-order chi connectivity index (χ0) is 12.5. The van der Waals surface area contributed by atoms with Crippen molar-refractivity contribution in [3.63, 3.8) is 0 Å². The highest BCUT2D eigenvalue weighted by Gasteiger charge is 2.20. The number of aromatic nitrogens is 2. The predicted molar refractivity (Wildman–Crippen MR) is 75.9 cm³/mol. The van der Waals surface area contributed by atoms with Gasteiger partial charge in [0.05, 0.1) is 11.4 Å². The van der Waals surface area contributed by atoms with E-state index in [4.69, 9.17) is 0 Å². The Morgan fingerprint density at radius 2 is 2.22 bits per heavy atom. The summed E-state index contributed by atoms with van der Waals surface area (Å²) in [5.74, 6) is 0. The van der Waals surface area contributed by atoms with E-state index in [-0.39, 0.29) is 0 Å². The number of halogens is 1. The van der Waals surface area contributed by atoms with Crippen molar-refractivity contribution in [3.8, 4) is 5.69 Å². The minimum Gasteiger partial charge on any atom is -0.308 e. The Bertz CT molecular complexity index is 558. The van der Waals surface area contributed by atoms with Crippen molar-refractivity contribution in [1.29, 1.82) is 0 Å². The van der Waals surface area contributed by atoms with Crippen LogP contribution in [0.4, 0.5) is 0 Å². The van der Waals surface area contributed by atoms with E-state index in [0.29, 0.717) is 0 Å². The van der Waals surface area contributed by atoms with Gasteiger partial charge in [-0.15, -0.1) is 0 Å². The molecule has 18 heavy (non-hydrogen) atoms. The van der Waals surface area contributed by atoms with Gasteiger partial charge in [-0.3, -0.25) is 0 Å². The van der Waals surface area contributed by atoms with Crippen LogP contribution in [0.3, 0.4) is 0 Å². The molecule has 1 aromatic heterocycles. The van der Waals surface area contributed by atoms with Gasteiger partial charge in [0.1, 0.15) is 0 Å². The second-order valence-electron chi connectivity index (χ2n) is 4.79. The maximum Gasteiger partial charge on any atom is 0.0766 e. The van der Waals surface area contributed by atoms with Crippen LogP contribution < -0.4 is 5.32 Å². The molecule has 3 nitrogen and oxygen atoms in total. The lowest BCUT2D eigenvalue weighted by Gasteiger charge is -2.07. The fourth-order valence-corrected chi connectivity index (χ4v) is 2.33. The Kier molecular flexibility index (Phi) is 3.22. The second kappa shape index (κ2) is 4.86. The van der Waals surface area contributed by atoms with E-state index in [1.807, 2.05) is 16.9 Å². The molecule has 0 spiro atoms. The van der Waals surface area contributed by atoms with E-state index >= 15 is 0 Å². The molecule has 0 saturated heterocycles. The monoisotopic (exact) mass is 305 g/mol. The topological polar surface area (TPSA) is 29.9 Å². The zero-order valence-corrected chi connectivity index (χ0v) is 11.9. The molecule has 1 heterocycles. The summed E-state index contributed by atoms with van der Waals surface area (Å²) >= 11 is 3.55. The van der Waals surface area contributed by atoms with Crippen molar-refractivity contribution in [2.45, 2.75) is 32.4 Å². The number of hydrogen-bond acceptors (Lipinski definition) is 2. The Morgan fingerprint density at radius 1 is 1.39 bits per heavy atom. The third-order valence-corrected chi connectivity index (χ3v) is 4.14. The van der Waals surface area contributed by atoms with Crippen molar-refractivity contribution >= 4 is 15.9 Å². The van der Waals surface area contributed by atoms with Crippen LogP contribution in [-0.4, -0.2) is 15.8 Å². The molecule has 1 aliphatic rings. The number of benzene rings is 1. The van der Waals surface area contributed by atoms with Crippen molar-refractivity contribution in [2.75, 3.05) is 0 Å². The normalized spacial score (nSPS) is 15.0. The fourth-order valence-electron chi connectivity index (χ4n) is 1.97. The highest BCUT2D eigenvalue weighted by Crippen LogP contribution is 2.22. The molecule has 1 N–H and O–H groups in total. The van der Waals surface area contributed by atoms with Gasteiger partial charge in [0.25, 0.3) is 0 Å². The fraction of sp³-hybridized carbons (Fsp3) is 0.357. The van der Waals surface area contributed by atoms with Gasteiger partial charge in [0, 0.05) is 23.3 Å². The molecule has 0 aliphatic heterocycles. The van der Waals surface area contributed by atoms with Gasteiger partial charge < -0.3 is 5.32 Å². The third kappa shape index (κ3) is 2.49. The highest BCUT2D eigenvalue weighted by atomic mass is 79.9.